The van der Waals surface area contributed by atoms with Crippen LogP contribution in [-0.4, -0.2) is 63.8 Å². The highest BCUT2D eigenvalue weighted by atomic mass is 35.5. The fourth-order valence-electron chi connectivity index (χ4n) is 5.06. The quantitative estimate of drug-likeness (QED) is 0.187. The topological polar surface area (TPSA) is 77.6 Å². The molecule has 2 aromatic rings. The van der Waals surface area contributed by atoms with E-state index in [1.54, 1.807) is 25.1 Å². The smallest absolute Gasteiger partial charge is 0.322 e. The summed E-state index contributed by atoms with van der Waals surface area (Å²) in [7, 11) is 0. The zero-order chi connectivity index (χ0) is 27.8. The molecule has 208 valence electrons. The molecular weight excluding hydrogens is 525 g/mol. The third kappa shape index (κ3) is 8.07. The molecule has 1 aliphatic rings. The molecule has 3 rings (SSSR count). The maximum atomic E-state index is 13.3. The molecule has 0 aliphatic carbocycles. The number of piperidine rings is 1. The van der Waals surface area contributed by atoms with Gasteiger partial charge in [-0.15, -0.1) is 0 Å². The van der Waals surface area contributed by atoms with E-state index in [4.69, 9.17) is 24.2 Å². The minimum atomic E-state index is -0.341. The number of urea groups is 1. The molecule has 38 heavy (non-hydrogen) atoms. The zero-order valence-corrected chi connectivity index (χ0v) is 24.3. The molecular formula is C28H39ClFN5O2S. The second-order valence-electron chi connectivity index (χ2n) is 10.00. The van der Waals surface area contributed by atoms with E-state index in [1.165, 1.54) is 12.1 Å². The number of rotatable bonds is 10. The molecule has 7 nitrogen and oxygen atoms in total. The van der Waals surface area contributed by atoms with Gasteiger partial charge >= 0.3 is 6.03 Å². The van der Waals surface area contributed by atoms with Gasteiger partial charge in [0, 0.05) is 37.4 Å². The van der Waals surface area contributed by atoms with Crippen molar-refractivity contribution in [2.75, 3.05) is 25.0 Å². The number of thiol groups is 1. The fourth-order valence-corrected chi connectivity index (χ4v) is 5.90. The molecule has 0 saturated carbocycles. The number of hydrogen-bond acceptors (Lipinski definition) is 5. The Morgan fingerprint density at radius 3 is 2.47 bits per heavy atom. The molecule has 0 spiro atoms. The Morgan fingerprint density at radius 2 is 1.87 bits per heavy atom. The van der Waals surface area contributed by atoms with Gasteiger partial charge in [0.25, 0.3) is 5.91 Å². The summed E-state index contributed by atoms with van der Waals surface area (Å²) in [4.78, 5) is 34.4. The summed E-state index contributed by atoms with van der Waals surface area (Å²) in [5.41, 5.74) is 2.58. The molecule has 1 saturated heterocycles. The fraction of sp³-hybridized carbons (Fsp3) is 0.536. The lowest BCUT2D eigenvalue weighted by Gasteiger charge is -2.42. The molecule has 2 unspecified atom stereocenters. The first-order valence-corrected chi connectivity index (χ1v) is 14.2. The average Bonchev–Trinajstić information content (AvgIpc) is 2.85. The Labute approximate surface area is 235 Å². The number of benzene rings is 1. The van der Waals surface area contributed by atoms with E-state index in [-0.39, 0.29) is 35.2 Å². The zero-order valence-electron chi connectivity index (χ0n) is 22.6. The first-order chi connectivity index (χ1) is 18.1. The number of carbonyl (C=O) groups is 2. The van der Waals surface area contributed by atoms with Gasteiger partial charge in [-0.3, -0.25) is 4.79 Å². The molecule has 1 aromatic carbocycles. The number of hydrogen-bond donors (Lipinski definition) is 3. The molecule has 0 bridgehead atoms. The van der Waals surface area contributed by atoms with Crippen LogP contribution >= 0.6 is 24.2 Å². The van der Waals surface area contributed by atoms with Crippen LogP contribution < -0.4 is 10.6 Å². The van der Waals surface area contributed by atoms with Crippen LogP contribution in [0.15, 0.2) is 30.3 Å². The van der Waals surface area contributed by atoms with E-state index < -0.39 is 0 Å². The number of anilines is 1. The maximum absolute atomic E-state index is 13.3. The Kier molecular flexibility index (Phi) is 11.2. The number of amides is 3. The summed E-state index contributed by atoms with van der Waals surface area (Å²) >= 11 is 10.7. The van der Waals surface area contributed by atoms with Crippen molar-refractivity contribution in [2.45, 2.75) is 77.3 Å². The summed E-state index contributed by atoms with van der Waals surface area (Å²) in [6.45, 7) is 10.2. The van der Waals surface area contributed by atoms with Crippen molar-refractivity contribution in [1.82, 2.24) is 20.1 Å². The monoisotopic (exact) mass is 563 g/mol. The first kappa shape index (κ1) is 30.2. The molecule has 2 heterocycles. The molecule has 1 fully saturated rings. The molecule has 0 radical (unpaired) electrons. The van der Waals surface area contributed by atoms with E-state index in [2.05, 4.69) is 34.4 Å². The van der Waals surface area contributed by atoms with Crippen molar-refractivity contribution < 1.29 is 14.0 Å². The highest BCUT2D eigenvalue weighted by molar-refractivity contribution is 7.80. The minimum Gasteiger partial charge on any atom is -0.352 e. The molecule has 2 N–H and O–H groups in total. The number of carbonyl (C=O) groups excluding carboxylic acids is 2. The largest absolute Gasteiger partial charge is 0.352 e. The predicted octanol–water partition coefficient (Wildman–Crippen LogP) is 6.05. The van der Waals surface area contributed by atoms with Crippen LogP contribution in [0.2, 0.25) is 5.15 Å². The van der Waals surface area contributed by atoms with Crippen molar-refractivity contribution in [3.63, 3.8) is 0 Å². The minimum absolute atomic E-state index is 0.0657. The van der Waals surface area contributed by atoms with Gasteiger partial charge in [0.1, 0.15) is 11.0 Å². The summed E-state index contributed by atoms with van der Waals surface area (Å²) in [6.07, 6.45) is 4.20. The highest BCUT2D eigenvalue weighted by Crippen LogP contribution is 2.25. The van der Waals surface area contributed by atoms with Crippen LogP contribution in [0.25, 0.3) is 0 Å². The van der Waals surface area contributed by atoms with Gasteiger partial charge in [0.15, 0.2) is 0 Å². The number of nitrogens with zero attached hydrogens (tertiary/aromatic N) is 3. The highest BCUT2D eigenvalue weighted by Gasteiger charge is 2.32. The van der Waals surface area contributed by atoms with Gasteiger partial charge in [0.2, 0.25) is 0 Å². The van der Waals surface area contributed by atoms with Gasteiger partial charge in [-0.25, -0.2) is 14.2 Å². The summed E-state index contributed by atoms with van der Waals surface area (Å²) in [5.74, 6) is -0.472. The second-order valence-corrected chi connectivity index (χ2v) is 11.0. The molecule has 10 heteroatoms. The molecule has 1 aromatic heterocycles. The number of pyridine rings is 1. The number of likely N-dealkylation sites (tertiary alicyclic amines) is 1. The Bertz CT molecular complexity index is 1070. The second kappa shape index (κ2) is 14.1. The van der Waals surface area contributed by atoms with Crippen LogP contribution in [0.5, 0.6) is 0 Å². The number of aryl methyl sites for hydroxylation is 2. The van der Waals surface area contributed by atoms with Crippen LogP contribution in [0.4, 0.5) is 14.9 Å². The van der Waals surface area contributed by atoms with Crippen molar-refractivity contribution in [1.29, 1.82) is 0 Å². The van der Waals surface area contributed by atoms with Crippen molar-refractivity contribution in [3.05, 3.63) is 58.1 Å². The summed E-state index contributed by atoms with van der Waals surface area (Å²) in [5, 5.41) is 6.13. The van der Waals surface area contributed by atoms with Crippen molar-refractivity contribution in [3.8, 4) is 0 Å². The van der Waals surface area contributed by atoms with Crippen LogP contribution in [-0.2, 0) is 0 Å². The number of nitrogens with one attached hydrogen (secondary N) is 2. The van der Waals surface area contributed by atoms with E-state index >= 15 is 0 Å². The third-order valence-electron chi connectivity index (χ3n) is 7.15. The van der Waals surface area contributed by atoms with Crippen LogP contribution in [0.3, 0.4) is 0 Å². The first-order valence-electron chi connectivity index (χ1n) is 13.3. The van der Waals surface area contributed by atoms with Crippen LogP contribution in [0, 0.1) is 19.7 Å². The lowest BCUT2D eigenvalue weighted by atomic mass is 10.0. The maximum Gasteiger partial charge on any atom is 0.322 e. The van der Waals surface area contributed by atoms with E-state index in [1.807, 2.05) is 11.8 Å². The molecule has 2 atom stereocenters. The van der Waals surface area contributed by atoms with Gasteiger partial charge in [-0.1, -0.05) is 24.9 Å². The lowest BCUT2D eigenvalue weighted by Crippen LogP contribution is -2.53. The Balaban J connectivity index is 1.52. The Hall–Kier alpha value is -2.36. The van der Waals surface area contributed by atoms with Gasteiger partial charge in [0.05, 0.1) is 16.6 Å². The molecule has 3 amide bonds. The standard InChI is InChI=1S/C28H39ClFN5O2S/c1-5-6-25(38)35(28(37)33-22-9-7-21(30)8-10-22)23-12-15-34(16-13-23)19(3)11-14-31-27(36)26-18(2)17-24(29)32-20(26)4/h7-10,17,19,23,25,38H,5-6,11-16H2,1-4H3,(H,31,36)(H,33,37). The van der Waals surface area contributed by atoms with Crippen molar-refractivity contribution in [2.24, 2.45) is 0 Å². The van der Waals surface area contributed by atoms with Crippen molar-refractivity contribution >= 4 is 41.9 Å². The summed E-state index contributed by atoms with van der Waals surface area (Å²) in [6, 6.07) is 7.64. The normalized spacial score (nSPS) is 16.1. The lowest BCUT2D eigenvalue weighted by molar-refractivity contribution is 0.0911. The van der Waals surface area contributed by atoms with E-state index in [9.17, 15) is 14.0 Å². The van der Waals surface area contributed by atoms with Gasteiger partial charge < -0.3 is 20.4 Å². The average molecular weight is 564 g/mol. The Morgan fingerprint density at radius 1 is 1.21 bits per heavy atom. The van der Waals surface area contributed by atoms with Crippen LogP contribution in [0.1, 0.15) is 67.6 Å². The SMILES string of the molecule is CCCC(S)N(C(=O)Nc1ccc(F)cc1)C1CCN(C(C)CCNC(=O)c2c(C)cc(Cl)nc2C)CC1. The predicted molar refractivity (Wildman–Crippen MR) is 155 cm³/mol. The number of halogens is 2. The number of aromatic nitrogens is 1. The van der Waals surface area contributed by atoms with E-state index in [0.717, 1.165) is 50.8 Å². The summed E-state index contributed by atoms with van der Waals surface area (Å²) < 4.78 is 13.3. The van der Waals surface area contributed by atoms with E-state index in [0.29, 0.717) is 28.6 Å². The molecule has 1 aliphatic heterocycles. The van der Waals surface area contributed by atoms with Gasteiger partial charge in [-0.2, -0.15) is 12.6 Å². The third-order valence-corrected chi connectivity index (χ3v) is 7.86. The van der Waals surface area contributed by atoms with Gasteiger partial charge in [-0.05, 0) is 82.3 Å².